The highest BCUT2D eigenvalue weighted by Crippen LogP contribution is 2.34. The summed E-state index contributed by atoms with van der Waals surface area (Å²) in [4.78, 5) is 19.5. The van der Waals surface area contributed by atoms with Gasteiger partial charge in [-0.15, -0.1) is 0 Å². The number of pyridine rings is 3. The van der Waals surface area contributed by atoms with Gasteiger partial charge in [0.15, 0.2) is 5.65 Å². The Bertz CT molecular complexity index is 1760. The van der Waals surface area contributed by atoms with Crippen LogP contribution in [0.4, 0.5) is 4.39 Å². The molecule has 38 heavy (non-hydrogen) atoms. The number of hydrogen-bond donors (Lipinski definition) is 2. The Labute approximate surface area is 218 Å². The molecule has 0 bridgehead atoms. The van der Waals surface area contributed by atoms with Gasteiger partial charge in [0.2, 0.25) is 0 Å². The number of H-pyrrole nitrogens is 2. The van der Waals surface area contributed by atoms with Gasteiger partial charge in [-0.1, -0.05) is 24.6 Å². The van der Waals surface area contributed by atoms with Gasteiger partial charge < -0.3 is 4.98 Å². The van der Waals surface area contributed by atoms with Gasteiger partial charge >= 0.3 is 0 Å². The second-order valence-electron chi connectivity index (χ2n) is 9.90. The molecule has 0 radical (unpaired) electrons. The summed E-state index contributed by atoms with van der Waals surface area (Å²) in [6.45, 7) is 3.21. The van der Waals surface area contributed by atoms with Gasteiger partial charge in [0.1, 0.15) is 11.5 Å². The Morgan fingerprint density at radius 1 is 0.842 bits per heavy atom. The summed E-state index contributed by atoms with van der Waals surface area (Å²) < 4.78 is 14.6. The third-order valence-electron chi connectivity index (χ3n) is 7.36. The lowest BCUT2D eigenvalue weighted by Crippen LogP contribution is -2.29. The lowest BCUT2D eigenvalue weighted by Gasteiger charge is -2.26. The minimum Gasteiger partial charge on any atom is -0.338 e. The molecule has 0 saturated carbocycles. The molecule has 8 heteroatoms. The fraction of sp³-hybridized carbons (Fsp3) is 0.200. The van der Waals surface area contributed by atoms with Gasteiger partial charge in [-0.3, -0.25) is 15.0 Å². The highest BCUT2D eigenvalue weighted by molar-refractivity contribution is 5.99. The van der Waals surface area contributed by atoms with Crippen LogP contribution in [0.3, 0.4) is 0 Å². The van der Waals surface area contributed by atoms with Crippen LogP contribution in [0.15, 0.2) is 73.3 Å². The Balaban J connectivity index is 1.26. The first-order chi connectivity index (χ1) is 18.7. The normalized spacial score (nSPS) is 14.4. The summed E-state index contributed by atoms with van der Waals surface area (Å²) in [5, 5.41) is 9.30. The van der Waals surface area contributed by atoms with Crippen LogP contribution in [0.25, 0.3) is 55.7 Å². The molecule has 0 amide bonds. The van der Waals surface area contributed by atoms with E-state index < -0.39 is 0 Å². The molecule has 1 fully saturated rings. The number of halogens is 1. The fourth-order valence-electron chi connectivity index (χ4n) is 5.45. The molecule has 6 heterocycles. The fourth-order valence-corrected chi connectivity index (χ4v) is 5.45. The van der Waals surface area contributed by atoms with Crippen LogP contribution < -0.4 is 0 Å². The average molecular weight is 504 g/mol. The van der Waals surface area contributed by atoms with Gasteiger partial charge in [0.05, 0.1) is 11.4 Å². The zero-order valence-corrected chi connectivity index (χ0v) is 20.8. The van der Waals surface area contributed by atoms with Crippen molar-refractivity contribution in [2.75, 3.05) is 13.1 Å². The van der Waals surface area contributed by atoms with E-state index in [0.29, 0.717) is 16.9 Å². The predicted molar refractivity (Wildman–Crippen MR) is 147 cm³/mol. The number of aromatic amines is 2. The molecule has 1 aromatic carbocycles. The van der Waals surface area contributed by atoms with Crippen molar-refractivity contribution in [3.05, 3.63) is 84.7 Å². The van der Waals surface area contributed by atoms with E-state index in [1.54, 1.807) is 18.3 Å². The lowest BCUT2D eigenvalue weighted by atomic mass is 10.0. The smallest absolute Gasteiger partial charge is 0.181 e. The maximum absolute atomic E-state index is 14.6. The topological polar surface area (TPSA) is 86.4 Å². The van der Waals surface area contributed by atoms with Crippen LogP contribution in [0.1, 0.15) is 24.8 Å². The number of rotatable bonds is 5. The number of nitrogens with zero attached hydrogens (tertiary/aromatic N) is 5. The molecule has 188 valence electrons. The molecular weight excluding hydrogens is 477 g/mol. The zero-order chi connectivity index (χ0) is 25.5. The van der Waals surface area contributed by atoms with Crippen molar-refractivity contribution in [3.63, 3.8) is 0 Å². The minimum atomic E-state index is -0.264. The Morgan fingerprint density at radius 3 is 2.61 bits per heavy atom. The Morgan fingerprint density at radius 2 is 1.71 bits per heavy atom. The molecule has 0 spiro atoms. The van der Waals surface area contributed by atoms with Crippen LogP contribution in [-0.2, 0) is 6.54 Å². The monoisotopic (exact) mass is 503 g/mol. The van der Waals surface area contributed by atoms with Crippen molar-refractivity contribution in [1.82, 2.24) is 35.0 Å². The highest BCUT2D eigenvalue weighted by atomic mass is 19.1. The van der Waals surface area contributed by atoms with E-state index in [0.717, 1.165) is 58.5 Å². The van der Waals surface area contributed by atoms with E-state index in [4.69, 9.17) is 0 Å². The van der Waals surface area contributed by atoms with E-state index >= 15 is 0 Å². The molecule has 2 N–H and O–H groups in total. The lowest BCUT2D eigenvalue weighted by molar-refractivity contribution is 0.220. The predicted octanol–water partition coefficient (Wildman–Crippen LogP) is 6.36. The van der Waals surface area contributed by atoms with Crippen molar-refractivity contribution >= 4 is 22.1 Å². The van der Waals surface area contributed by atoms with Crippen molar-refractivity contribution in [3.8, 4) is 33.6 Å². The summed E-state index contributed by atoms with van der Waals surface area (Å²) in [7, 11) is 0. The molecule has 0 unspecified atom stereocenters. The number of piperidine rings is 1. The number of hydrogen-bond acceptors (Lipinski definition) is 5. The number of benzene rings is 1. The summed E-state index contributed by atoms with van der Waals surface area (Å²) in [6, 6.07) is 14.9. The summed E-state index contributed by atoms with van der Waals surface area (Å²) in [6.07, 6.45) is 11.2. The zero-order valence-electron chi connectivity index (χ0n) is 20.8. The standard InChI is InChI=1S/C30H26FN7/c31-26-7-3-2-6-23(26)22-8-9-33-29-24(22)14-27(35-29)28-25-13-21(17-34-30(25)37-36-28)20-12-19(15-32-16-20)18-38-10-4-1-5-11-38/h2-3,6-9,12-17H,1,4-5,10-11,18H2,(H,33,35)(H,34,36,37). The van der Waals surface area contributed by atoms with Crippen molar-refractivity contribution in [1.29, 1.82) is 0 Å². The minimum absolute atomic E-state index is 0.264. The summed E-state index contributed by atoms with van der Waals surface area (Å²) in [5.41, 5.74) is 7.48. The quantitative estimate of drug-likeness (QED) is 0.286. The second kappa shape index (κ2) is 9.46. The van der Waals surface area contributed by atoms with Gasteiger partial charge in [0.25, 0.3) is 0 Å². The van der Waals surface area contributed by atoms with Crippen LogP contribution in [-0.4, -0.2) is 48.1 Å². The maximum atomic E-state index is 14.6. The largest absolute Gasteiger partial charge is 0.338 e. The van der Waals surface area contributed by atoms with Gasteiger partial charge in [-0.2, -0.15) is 5.10 Å². The number of fused-ring (bicyclic) bond motifs is 2. The van der Waals surface area contributed by atoms with Crippen LogP contribution >= 0.6 is 0 Å². The third-order valence-corrected chi connectivity index (χ3v) is 7.36. The number of aromatic nitrogens is 6. The van der Waals surface area contributed by atoms with Crippen molar-refractivity contribution in [2.24, 2.45) is 0 Å². The molecule has 1 aliphatic heterocycles. The van der Waals surface area contributed by atoms with E-state index in [1.165, 1.54) is 30.9 Å². The molecule has 1 aliphatic rings. The molecule has 0 aliphatic carbocycles. The van der Waals surface area contributed by atoms with E-state index in [-0.39, 0.29) is 5.82 Å². The maximum Gasteiger partial charge on any atom is 0.181 e. The van der Waals surface area contributed by atoms with Gasteiger partial charge in [-0.05, 0) is 67.4 Å². The third kappa shape index (κ3) is 4.13. The van der Waals surface area contributed by atoms with Crippen LogP contribution in [0, 0.1) is 5.82 Å². The van der Waals surface area contributed by atoms with Gasteiger partial charge in [0, 0.05) is 58.8 Å². The Kier molecular flexibility index (Phi) is 5.66. The summed E-state index contributed by atoms with van der Waals surface area (Å²) >= 11 is 0. The van der Waals surface area contributed by atoms with E-state index in [1.807, 2.05) is 36.8 Å². The van der Waals surface area contributed by atoms with E-state index in [2.05, 4.69) is 47.2 Å². The number of nitrogens with one attached hydrogen (secondary N) is 2. The molecule has 5 aromatic heterocycles. The molecule has 6 aromatic rings. The van der Waals surface area contributed by atoms with E-state index in [9.17, 15) is 4.39 Å². The summed E-state index contributed by atoms with van der Waals surface area (Å²) in [5.74, 6) is -0.264. The molecule has 0 atom stereocenters. The first kappa shape index (κ1) is 22.7. The molecule has 7 rings (SSSR count). The highest BCUT2D eigenvalue weighted by Gasteiger charge is 2.17. The first-order valence-corrected chi connectivity index (χ1v) is 13.0. The van der Waals surface area contributed by atoms with Crippen LogP contribution in [0.5, 0.6) is 0 Å². The Hall–Kier alpha value is -4.43. The molecular formula is C30H26FN7. The van der Waals surface area contributed by atoms with Crippen molar-refractivity contribution in [2.45, 2.75) is 25.8 Å². The van der Waals surface area contributed by atoms with Crippen LogP contribution in [0.2, 0.25) is 0 Å². The van der Waals surface area contributed by atoms with Gasteiger partial charge in [-0.25, -0.2) is 14.4 Å². The first-order valence-electron chi connectivity index (χ1n) is 13.0. The second-order valence-corrected chi connectivity index (χ2v) is 9.90. The molecule has 7 nitrogen and oxygen atoms in total. The SMILES string of the molecule is Fc1ccccc1-c1ccnc2[nH]c(-c3[nH]nc4ncc(-c5cncc(CN6CCCCC6)c5)cc34)cc12. The van der Waals surface area contributed by atoms with Crippen molar-refractivity contribution < 1.29 is 4.39 Å². The molecule has 1 saturated heterocycles. The number of likely N-dealkylation sites (tertiary alicyclic amines) is 1. The average Bonchev–Trinajstić information content (AvgIpc) is 3.58.